The summed E-state index contributed by atoms with van der Waals surface area (Å²) in [6, 6.07) is 7.08. The van der Waals surface area contributed by atoms with Crippen molar-refractivity contribution in [1.29, 1.82) is 5.26 Å². The van der Waals surface area contributed by atoms with E-state index in [-0.39, 0.29) is 4.83 Å². The molecule has 0 radical (unpaired) electrons. The van der Waals surface area contributed by atoms with E-state index in [9.17, 15) is 0 Å². The molecule has 0 amide bonds. The van der Waals surface area contributed by atoms with Crippen molar-refractivity contribution in [2.75, 3.05) is 0 Å². The van der Waals surface area contributed by atoms with Crippen molar-refractivity contribution in [3.63, 3.8) is 0 Å². The van der Waals surface area contributed by atoms with Gasteiger partial charge in [0, 0.05) is 10.0 Å². The van der Waals surface area contributed by atoms with E-state index in [4.69, 9.17) is 28.5 Å². The highest BCUT2D eigenvalue weighted by Gasteiger charge is 2.09. The summed E-state index contributed by atoms with van der Waals surface area (Å²) in [4.78, 5) is -0.373. The number of nitriles is 1. The lowest BCUT2D eigenvalue weighted by Crippen LogP contribution is -1.86. The molecule has 1 aromatic carbocycles. The van der Waals surface area contributed by atoms with Gasteiger partial charge in [-0.15, -0.1) is 0 Å². The van der Waals surface area contributed by atoms with Crippen molar-refractivity contribution < 1.29 is 0 Å². The van der Waals surface area contributed by atoms with E-state index < -0.39 is 0 Å². The number of hydrogen-bond donors (Lipinski definition) is 0. The zero-order valence-electron chi connectivity index (χ0n) is 5.89. The SMILES string of the molecule is N#CC(Br)c1ccc(Cl)cc1Cl. The smallest absolute Gasteiger partial charge is 0.128 e. The minimum absolute atomic E-state index is 0.373. The second kappa shape index (κ2) is 4.13. The second-order valence-corrected chi connectivity index (χ2v) is 3.92. The van der Waals surface area contributed by atoms with Crippen molar-refractivity contribution in [2.45, 2.75) is 4.83 Å². The third-order valence-electron chi connectivity index (χ3n) is 1.35. The molecule has 0 saturated heterocycles. The molecule has 4 heteroatoms. The maximum Gasteiger partial charge on any atom is 0.128 e. The summed E-state index contributed by atoms with van der Waals surface area (Å²) in [6.07, 6.45) is 0. The monoisotopic (exact) mass is 263 g/mol. The molecule has 62 valence electrons. The second-order valence-electron chi connectivity index (χ2n) is 2.16. The van der Waals surface area contributed by atoms with Crippen LogP contribution < -0.4 is 0 Å². The van der Waals surface area contributed by atoms with Crippen LogP contribution in [0.5, 0.6) is 0 Å². The number of benzene rings is 1. The number of hydrogen-bond acceptors (Lipinski definition) is 1. The third-order valence-corrected chi connectivity index (χ3v) is 2.61. The average Bonchev–Trinajstić information content (AvgIpc) is 2.03. The first-order valence-corrected chi connectivity index (χ1v) is 4.81. The minimum atomic E-state index is -0.373. The Bertz CT molecular complexity index is 332. The molecule has 1 atom stereocenters. The lowest BCUT2D eigenvalue weighted by atomic mass is 10.2. The normalized spacial score (nSPS) is 12.2. The van der Waals surface area contributed by atoms with Crippen LogP contribution in [0.1, 0.15) is 10.4 Å². The molecule has 0 saturated carbocycles. The highest BCUT2D eigenvalue weighted by Crippen LogP contribution is 2.30. The van der Waals surface area contributed by atoms with Gasteiger partial charge in [0.15, 0.2) is 0 Å². The quantitative estimate of drug-likeness (QED) is 0.705. The highest BCUT2D eigenvalue weighted by atomic mass is 79.9. The fourth-order valence-corrected chi connectivity index (χ4v) is 1.83. The van der Waals surface area contributed by atoms with E-state index in [2.05, 4.69) is 15.9 Å². The zero-order chi connectivity index (χ0) is 9.14. The molecule has 0 spiro atoms. The first kappa shape index (κ1) is 9.85. The van der Waals surface area contributed by atoms with E-state index in [0.717, 1.165) is 5.56 Å². The Kier molecular flexibility index (Phi) is 3.39. The molecule has 0 heterocycles. The molecule has 12 heavy (non-hydrogen) atoms. The van der Waals surface area contributed by atoms with Crippen molar-refractivity contribution in [2.24, 2.45) is 0 Å². The van der Waals surface area contributed by atoms with Crippen LogP contribution in [0.15, 0.2) is 18.2 Å². The molecular weight excluding hydrogens is 261 g/mol. The van der Waals surface area contributed by atoms with E-state index in [1.54, 1.807) is 18.2 Å². The number of nitrogens with zero attached hydrogens (tertiary/aromatic N) is 1. The summed E-state index contributed by atoms with van der Waals surface area (Å²) in [5.74, 6) is 0. The predicted octanol–water partition coefficient (Wildman–Crippen LogP) is 3.95. The van der Waals surface area contributed by atoms with Gasteiger partial charge < -0.3 is 0 Å². The molecule has 0 aliphatic heterocycles. The Morgan fingerprint density at radius 1 is 1.42 bits per heavy atom. The summed E-state index contributed by atoms with van der Waals surface area (Å²) in [7, 11) is 0. The summed E-state index contributed by atoms with van der Waals surface area (Å²) in [5, 5.41) is 9.67. The molecule has 0 fully saturated rings. The van der Waals surface area contributed by atoms with Gasteiger partial charge in [0.1, 0.15) is 4.83 Å². The first-order chi connectivity index (χ1) is 5.65. The van der Waals surface area contributed by atoms with Crippen molar-refractivity contribution >= 4 is 39.1 Å². The van der Waals surface area contributed by atoms with E-state index in [1.807, 2.05) is 6.07 Å². The van der Waals surface area contributed by atoms with Crippen LogP contribution in [-0.4, -0.2) is 0 Å². The van der Waals surface area contributed by atoms with Gasteiger partial charge in [0.25, 0.3) is 0 Å². The molecule has 0 aliphatic rings. The summed E-state index contributed by atoms with van der Waals surface area (Å²) >= 11 is 14.7. The number of alkyl halides is 1. The summed E-state index contributed by atoms with van der Waals surface area (Å²) in [5.41, 5.74) is 0.739. The van der Waals surface area contributed by atoms with Crippen LogP contribution in [0.3, 0.4) is 0 Å². The number of halogens is 3. The van der Waals surface area contributed by atoms with Crippen LogP contribution >= 0.6 is 39.1 Å². The Morgan fingerprint density at radius 3 is 2.58 bits per heavy atom. The third kappa shape index (κ3) is 2.13. The Labute approximate surface area is 89.0 Å². The Morgan fingerprint density at radius 2 is 2.08 bits per heavy atom. The standard InChI is InChI=1S/C8H4BrCl2N/c9-7(4-12)6-2-1-5(10)3-8(6)11/h1-3,7H. The largest absolute Gasteiger partial charge is 0.197 e. The first-order valence-electron chi connectivity index (χ1n) is 3.14. The molecule has 1 rings (SSSR count). The molecule has 0 aliphatic carbocycles. The Hall–Kier alpha value is -0.230. The van der Waals surface area contributed by atoms with Gasteiger partial charge in [-0.25, -0.2) is 0 Å². The zero-order valence-corrected chi connectivity index (χ0v) is 8.99. The van der Waals surface area contributed by atoms with Crippen molar-refractivity contribution in [3.8, 4) is 6.07 Å². The predicted molar refractivity (Wildman–Crippen MR) is 53.7 cm³/mol. The molecule has 1 nitrogen and oxygen atoms in total. The fraction of sp³-hybridized carbons (Fsp3) is 0.125. The Balaban J connectivity index is 3.11. The number of rotatable bonds is 1. The summed E-state index contributed by atoms with van der Waals surface area (Å²) < 4.78 is 0. The molecule has 0 aromatic heterocycles. The highest BCUT2D eigenvalue weighted by molar-refractivity contribution is 9.09. The van der Waals surface area contributed by atoms with Crippen molar-refractivity contribution in [3.05, 3.63) is 33.8 Å². The van der Waals surface area contributed by atoms with Crippen LogP contribution in [-0.2, 0) is 0 Å². The lowest BCUT2D eigenvalue weighted by Gasteiger charge is -2.03. The van der Waals surface area contributed by atoms with Gasteiger partial charge >= 0.3 is 0 Å². The minimum Gasteiger partial charge on any atom is -0.197 e. The topological polar surface area (TPSA) is 23.8 Å². The van der Waals surface area contributed by atoms with E-state index in [1.165, 1.54) is 0 Å². The molecule has 0 bridgehead atoms. The average molecular weight is 265 g/mol. The van der Waals surface area contributed by atoms with Crippen LogP contribution in [0, 0.1) is 11.3 Å². The van der Waals surface area contributed by atoms with Gasteiger partial charge in [-0.05, 0) is 17.7 Å². The van der Waals surface area contributed by atoms with Gasteiger partial charge in [-0.2, -0.15) is 5.26 Å². The van der Waals surface area contributed by atoms with Gasteiger partial charge in [-0.3, -0.25) is 0 Å². The fourth-order valence-electron chi connectivity index (χ4n) is 0.777. The molecule has 1 unspecified atom stereocenters. The van der Waals surface area contributed by atoms with Crippen LogP contribution in [0.4, 0.5) is 0 Å². The molecule has 0 N–H and O–H groups in total. The summed E-state index contributed by atoms with van der Waals surface area (Å²) in [6.45, 7) is 0. The van der Waals surface area contributed by atoms with Crippen molar-refractivity contribution in [1.82, 2.24) is 0 Å². The van der Waals surface area contributed by atoms with Crippen LogP contribution in [0.25, 0.3) is 0 Å². The maximum atomic E-state index is 8.59. The van der Waals surface area contributed by atoms with Gasteiger partial charge in [-0.1, -0.05) is 45.2 Å². The van der Waals surface area contributed by atoms with Crippen LogP contribution in [0.2, 0.25) is 10.0 Å². The molecule has 1 aromatic rings. The van der Waals surface area contributed by atoms with Gasteiger partial charge in [0.05, 0.1) is 6.07 Å². The van der Waals surface area contributed by atoms with E-state index in [0.29, 0.717) is 10.0 Å². The van der Waals surface area contributed by atoms with Gasteiger partial charge in [0.2, 0.25) is 0 Å². The van der Waals surface area contributed by atoms with E-state index >= 15 is 0 Å². The lowest BCUT2D eigenvalue weighted by molar-refractivity contribution is 1.25. The molecular formula is C8H4BrCl2N. The maximum absolute atomic E-state index is 8.59.